The number of benzene rings is 2. The van der Waals surface area contributed by atoms with Gasteiger partial charge in [0.1, 0.15) is 23.1 Å². The van der Waals surface area contributed by atoms with E-state index in [9.17, 15) is 22.4 Å². The van der Waals surface area contributed by atoms with Crippen LogP contribution in [0.25, 0.3) is 11.0 Å². The number of fused-ring (bicyclic) bond motifs is 1. The van der Waals surface area contributed by atoms with Crippen LogP contribution in [0, 0.1) is 5.82 Å². The van der Waals surface area contributed by atoms with Crippen molar-refractivity contribution in [2.24, 2.45) is 0 Å². The molecule has 3 heterocycles. The monoisotopic (exact) mass is 686 g/mol. The molecule has 0 spiro atoms. The number of halogens is 5. The van der Waals surface area contributed by atoms with Crippen LogP contribution in [0.5, 0.6) is 5.75 Å². The van der Waals surface area contributed by atoms with Crippen LogP contribution in [0.15, 0.2) is 53.3 Å². The molecule has 15 heteroatoms. The molecule has 5 rings (SSSR count). The van der Waals surface area contributed by atoms with E-state index in [1.165, 1.54) is 43.8 Å². The Kier molecular flexibility index (Phi) is 8.09. The molecular weight excluding hydrogens is 669 g/mol. The molecule has 1 aliphatic heterocycles. The van der Waals surface area contributed by atoms with E-state index < -0.39 is 45.1 Å². The topological polar surface area (TPSA) is 111 Å². The van der Waals surface area contributed by atoms with Crippen LogP contribution in [0.3, 0.4) is 0 Å². The number of hydrogen-bond donors (Lipinski definition) is 1. The first-order chi connectivity index (χ1) is 19.4. The van der Waals surface area contributed by atoms with Crippen molar-refractivity contribution in [3.8, 4) is 5.75 Å². The Bertz CT molecular complexity index is 1820. The summed E-state index contributed by atoms with van der Waals surface area (Å²) in [5.74, 6) is -3.03. The molecule has 2 aromatic heterocycles. The lowest BCUT2D eigenvalue weighted by atomic mass is 10.0. The zero-order valence-corrected chi connectivity index (χ0v) is 24.9. The van der Waals surface area contributed by atoms with Gasteiger partial charge in [0, 0.05) is 35.3 Å². The highest BCUT2D eigenvalue weighted by atomic mass is 79.9. The van der Waals surface area contributed by atoms with E-state index in [0.29, 0.717) is 4.47 Å². The van der Waals surface area contributed by atoms with Gasteiger partial charge in [-0.25, -0.2) is 13.8 Å². The smallest absolute Gasteiger partial charge is 0.301 e. The number of carbonyl (C=O) groups excluding carboxylic acids is 2. The van der Waals surface area contributed by atoms with E-state index >= 15 is 4.39 Å². The van der Waals surface area contributed by atoms with Gasteiger partial charge in [0.25, 0.3) is 5.91 Å². The number of anilines is 1. The van der Waals surface area contributed by atoms with Gasteiger partial charge in [-0.1, -0.05) is 29.3 Å². The van der Waals surface area contributed by atoms with Gasteiger partial charge in [0.15, 0.2) is 5.82 Å². The van der Waals surface area contributed by atoms with Gasteiger partial charge in [0.2, 0.25) is 5.78 Å². The molecule has 0 aliphatic carbocycles. The van der Waals surface area contributed by atoms with E-state index in [4.69, 9.17) is 27.9 Å². The maximum Gasteiger partial charge on any atom is 0.301 e. The molecule has 1 N–H and O–H groups in total. The van der Waals surface area contributed by atoms with Gasteiger partial charge in [-0.3, -0.25) is 18.9 Å². The van der Waals surface area contributed by atoms with Crippen LogP contribution in [-0.2, 0) is 10.2 Å². The van der Waals surface area contributed by atoms with E-state index in [0.717, 1.165) is 14.9 Å². The fourth-order valence-corrected chi connectivity index (χ4v) is 6.66. The lowest BCUT2D eigenvalue weighted by Gasteiger charge is -2.18. The number of nitrogens with zero attached hydrogens (tertiary/aromatic N) is 3. The quantitative estimate of drug-likeness (QED) is 0.243. The van der Waals surface area contributed by atoms with Gasteiger partial charge in [-0.2, -0.15) is 12.7 Å². The summed E-state index contributed by atoms with van der Waals surface area (Å²) in [7, 11) is -3.11. The van der Waals surface area contributed by atoms with Gasteiger partial charge in [-0.15, -0.1) is 0 Å². The van der Waals surface area contributed by atoms with Crippen LogP contribution >= 0.6 is 39.1 Å². The van der Waals surface area contributed by atoms with Crippen molar-refractivity contribution >= 4 is 77.8 Å². The summed E-state index contributed by atoms with van der Waals surface area (Å²) in [6, 6.07) is 8.35. The highest BCUT2D eigenvalue weighted by Crippen LogP contribution is 2.35. The Balaban J connectivity index is 1.63. The van der Waals surface area contributed by atoms with E-state index in [2.05, 4.69) is 25.6 Å². The summed E-state index contributed by atoms with van der Waals surface area (Å²) < 4.78 is 64.8. The molecule has 0 radical (unpaired) electrons. The SMILES string of the molecule is COc1ccc(NS(=O)(=O)N2CCC(F)C2)c(F)c1C(=O)c1cn(C(=O)c2c(Cl)cccc2Cl)c2ncc(Br)cc12. The molecule has 1 fully saturated rings. The normalized spacial score (nSPS) is 15.8. The van der Waals surface area contributed by atoms with Crippen molar-refractivity contribution in [3.63, 3.8) is 0 Å². The van der Waals surface area contributed by atoms with Crippen LogP contribution in [0.4, 0.5) is 14.5 Å². The number of methoxy groups -OCH3 is 1. The first-order valence-corrected chi connectivity index (χ1v) is 14.9. The third-order valence-corrected chi connectivity index (χ3v) is 9.03. The van der Waals surface area contributed by atoms with E-state index in [1.54, 1.807) is 6.07 Å². The van der Waals surface area contributed by atoms with Crippen LogP contribution in [0.1, 0.15) is 32.7 Å². The summed E-state index contributed by atoms with van der Waals surface area (Å²) in [6.07, 6.45) is 1.26. The van der Waals surface area contributed by atoms with Gasteiger partial charge < -0.3 is 4.74 Å². The second-order valence-corrected chi connectivity index (χ2v) is 12.4. The average molecular weight is 688 g/mol. The molecular formula is C26H19BrCl2F2N4O5S. The number of ether oxygens (including phenoxy) is 1. The third kappa shape index (κ3) is 5.44. The van der Waals surface area contributed by atoms with Crippen molar-refractivity contribution in [1.82, 2.24) is 13.9 Å². The fourth-order valence-electron chi connectivity index (χ4n) is 4.50. The van der Waals surface area contributed by atoms with Crippen LogP contribution in [-0.4, -0.2) is 60.3 Å². The number of ketones is 1. The molecule has 0 bridgehead atoms. The zero-order valence-electron chi connectivity index (χ0n) is 21.0. The Morgan fingerprint density at radius 2 is 1.88 bits per heavy atom. The predicted octanol–water partition coefficient (Wildman–Crippen LogP) is 5.87. The summed E-state index contributed by atoms with van der Waals surface area (Å²) in [5.41, 5.74) is -1.25. The van der Waals surface area contributed by atoms with Crippen molar-refractivity contribution in [2.75, 3.05) is 24.9 Å². The van der Waals surface area contributed by atoms with Crippen LogP contribution in [0.2, 0.25) is 10.0 Å². The first-order valence-electron chi connectivity index (χ1n) is 11.9. The molecule has 1 unspecified atom stereocenters. The van der Waals surface area contributed by atoms with E-state index in [1.807, 2.05) is 0 Å². The van der Waals surface area contributed by atoms with Crippen molar-refractivity contribution < 1.29 is 31.5 Å². The molecule has 2 aromatic carbocycles. The highest BCUT2D eigenvalue weighted by molar-refractivity contribution is 9.10. The minimum Gasteiger partial charge on any atom is -0.496 e. The largest absolute Gasteiger partial charge is 0.496 e. The molecule has 1 atom stereocenters. The second kappa shape index (κ2) is 11.3. The van der Waals surface area contributed by atoms with Crippen LogP contribution < -0.4 is 9.46 Å². The standard InChI is InChI=1S/C26H19BrCl2F2N4O5S/c1-40-20-6-5-19(33-41(38,39)34-8-7-14(30)11-34)23(31)22(20)24(36)16-12-35(25-15(16)9-13(27)10-32-25)26(37)21-17(28)3-2-4-18(21)29/h2-6,9-10,12,14,33H,7-8,11H2,1H3. The first kappa shape index (κ1) is 29.4. The Hall–Kier alpha value is -3.10. The minimum atomic E-state index is -4.32. The summed E-state index contributed by atoms with van der Waals surface area (Å²) in [5, 5.41) is 0.317. The van der Waals surface area contributed by atoms with Crippen molar-refractivity contribution in [1.29, 1.82) is 0 Å². The van der Waals surface area contributed by atoms with Gasteiger partial charge in [0.05, 0.1) is 34.0 Å². The second-order valence-electron chi connectivity index (χ2n) is 9.02. The van der Waals surface area contributed by atoms with E-state index in [-0.39, 0.29) is 57.5 Å². The number of aromatic nitrogens is 2. The third-order valence-electron chi connectivity index (χ3n) is 6.47. The zero-order chi connectivity index (χ0) is 29.6. The lowest BCUT2D eigenvalue weighted by Crippen LogP contribution is -2.34. The molecule has 214 valence electrons. The fraction of sp³-hybridized carbons (Fsp3) is 0.192. The van der Waals surface area contributed by atoms with Crippen molar-refractivity contribution in [3.05, 3.63) is 85.8 Å². The molecule has 41 heavy (non-hydrogen) atoms. The molecule has 0 amide bonds. The molecule has 4 aromatic rings. The number of carbonyl (C=O) groups is 2. The number of alkyl halides is 1. The summed E-state index contributed by atoms with van der Waals surface area (Å²) >= 11 is 15.8. The van der Waals surface area contributed by atoms with Gasteiger partial charge in [-0.05, 0) is 52.7 Å². The maximum atomic E-state index is 15.9. The van der Waals surface area contributed by atoms with Crippen molar-refractivity contribution in [2.45, 2.75) is 12.6 Å². The molecule has 1 aliphatic rings. The molecule has 0 saturated carbocycles. The Morgan fingerprint density at radius 1 is 1.17 bits per heavy atom. The molecule has 1 saturated heterocycles. The average Bonchev–Trinajstić information content (AvgIpc) is 3.53. The number of hydrogen-bond acceptors (Lipinski definition) is 6. The Morgan fingerprint density at radius 3 is 2.51 bits per heavy atom. The maximum absolute atomic E-state index is 15.9. The predicted molar refractivity (Wildman–Crippen MR) is 154 cm³/mol. The number of nitrogens with one attached hydrogen (secondary N) is 1. The highest BCUT2D eigenvalue weighted by Gasteiger charge is 2.33. The minimum absolute atomic E-state index is 0.0154. The Labute approximate surface area is 251 Å². The molecule has 9 nitrogen and oxygen atoms in total. The number of pyridine rings is 1. The number of rotatable bonds is 7. The summed E-state index contributed by atoms with van der Waals surface area (Å²) in [6.45, 7) is -0.450. The van der Waals surface area contributed by atoms with Gasteiger partial charge >= 0.3 is 10.2 Å². The summed E-state index contributed by atoms with van der Waals surface area (Å²) in [4.78, 5) is 31.7. The lowest BCUT2D eigenvalue weighted by molar-refractivity contribution is 0.0964.